The summed E-state index contributed by atoms with van der Waals surface area (Å²) >= 11 is 3.55. The van der Waals surface area contributed by atoms with Crippen molar-refractivity contribution in [3.05, 3.63) is 28.2 Å². The van der Waals surface area contributed by atoms with E-state index in [1.165, 1.54) is 44.2 Å². The molecule has 1 heterocycles. The van der Waals surface area contributed by atoms with Crippen LogP contribution in [0.4, 0.5) is 5.69 Å². The molecular weight excluding hydrogens is 314 g/mol. The van der Waals surface area contributed by atoms with E-state index in [-0.39, 0.29) is 5.84 Å². The van der Waals surface area contributed by atoms with Crippen molar-refractivity contribution in [2.24, 2.45) is 11.7 Å². The monoisotopic (exact) mass is 335 g/mol. The summed E-state index contributed by atoms with van der Waals surface area (Å²) < 4.78 is 0.931. The number of rotatable bonds is 2. The number of fused-ring (bicyclic) bond motifs is 1. The Morgan fingerprint density at radius 1 is 1.20 bits per heavy atom. The summed E-state index contributed by atoms with van der Waals surface area (Å²) in [7, 11) is 0. The second-order valence-corrected chi connectivity index (χ2v) is 6.88. The van der Waals surface area contributed by atoms with E-state index in [1.54, 1.807) is 0 Å². The maximum Gasteiger partial charge on any atom is 0.123 e. The molecule has 2 atom stereocenters. The smallest absolute Gasteiger partial charge is 0.123 e. The lowest BCUT2D eigenvalue weighted by atomic mass is 9.78. The third-order valence-corrected chi connectivity index (χ3v) is 5.47. The molecule has 1 saturated carbocycles. The molecule has 0 radical (unpaired) electrons. The van der Waals surface area contributed by atoms with Gasteiger partial charge >= 0.3 is 0 Å². The number of anilines is 1. The van der Waals surface area contributed by atoms with Gasteiger partial charge in [0.05, 0.1) is 0 Å². The first-order valence-corrected chi connectivity index (χ1v) is 8.36. The molecule has 1 aliphatic heterocycles. The SMILES string of the molecule is N=C(N)c1ccc(N2CCCC3CCCCC32)cc1Br. The molecule has 0 aromatic heterocycles. The molecule has 1 aliphatic carbocycles. The number of nitrogens with zero attached hydrogens (tertiary/aromatic N) is 1. The number of hydrogen-bond donors (Lipinski definition) is 2. The highest BCUT2D eigenvalue weighted by molar-refractivity contribution is 9.10. The Morgan fingerprint density at radius 2 is 1.95 bits per heavy atom. The topological polar surface area (TPSA) is 53.1 Å². The summed E-state index contributed by atoms with van der Waals surface area (Å²) in [6.07, 6.45) is 8.19. The van der Waals surface area contributed by atoms with Crippen molar-refractivity contribution in [1.82, 2.24) is 0 Å². The molecule has 0 bridgehead atoms. The van der Waals surface area contributed by atoms with Crippen LogP contribution in [0.3, 0.4) is 0 Å². The largest absolute Gasteiger partial charge is 0.384 e. The van der Waals surface area contributed by atoms with Gasteiger partial charge in [-0.1, -0.05) is 12.8 Å². The van der Waals surface area contributed by atoms with E-state index in [0.717, 1.165) is 22.5 Å². The number of benzene rings is 1. The zero-order chi connectivity index (χ0) is 14.1. The average molecular weight is 336 g/mol. The van der Waals surface area contributed by atoms with E-state index in [1.807, 2.05) is 6.07 Å². The number of hydrogen-bond acceptors (Lipinski definition) is 2. The van der Waals surface area contributed by atoms with Crippen molar-refractivity contribution in [2.45, 2.75) is 44.6 Å². The minimum Gasteiger partial charge on any atom is -0.384 e. The van der Waals surface area contributed by atoms with Crippen LogP contribution in [0.1, 0.15) is 44.1 Å². The molecule has 2 fully saturated rings. The quantitative estimate of drug-likeness (QED) is 0.636. The molecule has 108 valence electrons. The van der Waals surface area contributed by atoms with Gasteiger partial charge in [-0.25, -0.2) is 0 Å². The molecular formula is C16H22BrN3. The molecule has 3 N–H and O–H groups in total. The standard InChI is InChI=1S/C16H22BrN3/c17-14-10-12(7-8-13(14)16(18)19)20-9-3-5-11-4-1-2-6-15(11)20/h7-8,10-11,15H,1-6,9H2,(H3,18,19). The molecule has 1 aromatic carbocycles. The fourth-order valence-corrected chi connectivity index (χ4v) is 4.43. The van der Waals surface area contributed by atoms with E-state index in [2.05, 4.69) is 33.0 Å². The Kier molecular flexibility index (Phi) is 4.01. The van der Waals surface area contributed by atoms with Gasteiger partial charge in [0, 0.05) is 28.3 Å². The summed E-state index contributed by atoms with van der Waals surface area (Å²) in [4.78, 5) is 2.59. The van der Waals surface area contributed by atoms with Crippen LogP contribution in [0.15, 0.2) is 22.7 Å². The number of nitrogens with one attached hydrogen (secondary N) is 1. The number of amidine groups is 1. The van der Waals surface area contributed by atoms with Crippen LogP contribution in [0.2, 0.25) is 0 Å². The van der Waals surface area contributed by atoms with Crippen molar-refractivity contribution in [3.8, 4) is 0 Å². The Morgan fingerprint density at radius 3 is 2.70 bits per heavy atom. The minimum absolute atomic E-state index is 0.123. The first kappa shape index (κ1) is 13.9. The number of nitrogen functional groups attached to an aromatic ring is 1. The van der Waals surface area contributed by atoms with Crippen LogP contribution in [0.5, 0.6) is 0 Å². The number of nitrogens with two attached hydrogens (primary N) is 1. The third-order valence-electron chi connectivity index (χ3n) is 4.82. The van der Waals surface area contributed by atoms with Gasteiger partial charge in [-0.3, -0.25) is 5.41 Å². The molecule has 20 heavy (non-hydrogen) atoms. The Labute approximate surface area is 129 Å². The molecule has 2 unspecified atom stereocenters. The van der Waals surface area contributed by atoms with Crippen LogP contribution >= 0.6 is 15.9 Å². The summed E-state index contributed by atoms with van der Waals surface area (Å²) in [5.74, 6) is 1.00. The summed E-state index contributed by atoms with van der Waals surface area (Å²) in [5, 5.41) is 7.57. The summed E-state index contributed by atoms with van der Waals surface area (Å²) in [5.41, 5.74) is 7.65. The normalized spacial score (nSPS) is 26.1. The first-order valence-electron chi connectivity index (χ1n) is 7.57. The fraction of sp³-hybridized carbons (Fsp3) is 0.562. The average Bonchev–Trinajstić information content (AvgIpc) is 2.46. The maximum absolute atomic E-state index is 7.57. The van der Waals surface area contributed by atoms with Crippen LogP contribution in [0, 0.1) is 11.3 Å². The summed E-state index contributed by atoms with van der Waals surface area (Å²) in [6.45, 7) is 1.16. The van der Waals surface area contributed by atoms with Crippen LogP contribution in [-0.2, 0) is 0 Å². The highest BCUT2D eigenvalue weighted by Crippen LogP contribution is 2.38. The molecule has 3 rings (SSSR count). The van der Waals surface area contributed by atoms with E-state index in [4.69, 9.17) is 11.1 Å². The first-order chi connectivity index (χ1) is 9.66. The van der Waals surface area contributed by atoms with Crippen LogP contribution in [-0.4, -0.2) is 18.4 Å². The van der Waals surface area contributed by atoms with Crippen LogP contribution < -0.4 is 10.6 Å². The lowest BCUT2D eigenvalue weighted by Crippen LogP contribution is -2.46. The van der Waals surface area contributed by atoms with Crippen molar-refractivity contribution in [2.75, 3.05) is 11.4 Å². The Balaban J connectivity index is 1.87. The molecule has 2 aliphatic rings. The van der Waals surface area contributed by atoms with Crippen LogP contribution in [0.25, 0.3) is 0 Å². The Bertz CT molecular complexity index is 512. The number of halogens is 1. The Hall–Kier alpha value is -1.03. The van der Waals surface area contributed by atoms with Gasteiger partial charge in [0.1, 0.15) is 5.84 Å². The molecule has 1 aromatic rings. The molecule has 0 amide bonds. The third kappa shape index (κ3) is 2.58. The van der Waals surface area contributed by atoms with Gasteiger partial charge in [-0.2, -0.15) is 0 Å². The van der Waals surface area contributed by atoms with Gasteiger partial charge in [0.15, 0.2) is 0 Å². The minimum atomic E-state index is 0.123. The molecule has 1 saturated heterocycles. The predicted molar refractivity (Wildman–Crippen MR) is 87.5 cm³/mol. The predicted octanol–water partition coefficient (Wildman–Crippen LogP) is 3.89. The maximum atomic E-state index is 7.57. The second-order valence-electron chi connectivity index (χ2n) is 6.03. The van der Waals surface area contributed by atoms with Gasteiger partial charge in [0.2, 0.25) is 0 Å². The van der Waals surface area contributed by atoms with Gasteiger partial charge in [-0.05, 0) is 65.7 Å². The zero-order valence-electron chi connectivity index (χ0n) is 11.7. The van der Waals surface area contributed by atoms with E-state index in [0.29, 0.717) is 6.04 Å². The van der Waals surface area contributed by atoms with Crippen molar-refractivity contribution >= 4 is 27.5 Å². The fourth-order valence-electron chi connectivity index (χ4n) is 3.85. The van der Waals surface area contributed by atoms with E-state index >= 15 is 0 Å². The van der Waals surface area contributed by atoms with Gasteiger partial charge in [0.25, 0.3) is 0 Å². The highest BCUT2D eigenvalue weighted by atomic mass is 79.9. The van der Waals surface area contributed by atoms with Crippen molar-refractivity contribution in [3.63, 3.8) is 0 Å². The molecule has 0 spiro atoms. The van der Waals surface area contributed by atoms with E-state index in [9.17, 15) is 0 Å². The lowest BCUT2D eigenvalue weighted by Gasteiger charge is -2.45. The number of piperidine rings is 1. The van der Waals surface area contributed by atoms with Crippen molar-refractivity contribution in [1.29, 1.82) is 5.41 Å². The molecule has 3 nitrogen and oxygen atoms in total. The van der Waals surface area contributed by atoms with Crippen molar-refractivity contribution < 1.29 is 0 Å². The van der Waals surface area contributed by atoms with Gasteiger partial charge < -0.3 is 10.6 Å². The van der Waals surface area contributed by atoms with E-state index < -0.39 is 0 Å². The lowest BCUT2D eigenvalue weighted by molar-refractivity contribution is 0.244. The summed E-state index contributed by atoms with van der Waals surface area (Å²) in [6, 6.07) is 6.94. The molecule has 4 heteroatoms. The second kappa shape index (κ2) is 5.76. The zero-order valence-corrected chi connectivity index (χ0v) is 13.3. The van der Waals surface area contributed by atoms with Gasteiger partial charge in [-0.15, -0.1) is 0 Å². The highest BCUT2D eigenvalue weighted by Gasteiger charge is 2.33.